The third-order valence-corrected chi connectivity index (χ3v) is 4.72. The SMILES string of the molecule is COc1cccc(C(=O)Nc2ccccc2C(=O)O[C@H](C)C(=O)c2cccc(Cl)c2)c1. The molecule has 1 atom stereocenters. The van der Waals surface area contributed by atoms with Crippen LogP contribution in [0.25, 0.3) is 0 Å². The van der Waals surface area contributed by atoms with E-state index in [-0.39, 0.29) is 17.0 Å². The van der Waals surface area contributed by atoms with Crippen LogP contribution in [0.15, 0.2) is 72.8 Å². The zero-order valence-corrected chi connectivity index (χ0v) is 17.7. The largest absolute Gasteiger partial charge is 0.497 e. The van der Waals surface area contributed by atoms with E-state index in [1.165, 1.54) is 26.2 Å². The van der Waals surface area contributed by atoms with Gasteiger partial charge in [0.25, 0.3) is 5.91 Å². The average Bonchev–Trinajstić information content (AvgIpc) is 2.78. The topological polar surface area (TPSA) is 81.7 Å². The van der Waals surface area contributed by atoms with Crippen molar-refractivity contribution in [2.75, 3.05) is 12.4 Å². The highest BCUT2D eigenvalue weighted by atomic mass is 35.5. The molecule has 0 heterocycles. The Morgan fingerprint density at radius 2 is 1.61 bits per heavy atom. The number of amides is 1. The summed E-state index contributed by atoms with van der Waals surface area (Å²) in [6.07, 6.45) is -1.03. The molecular formula is C24H20ClNO5. The summed E-state index contributed by atoms with van der Waals surface area (Å²) in [5.41, 5.74) is 1.10. The van der Waals surface area contributed by atoms with Gasteiger partial charge in [0.05, 0.1) is 18.4 Å². The van der Waals surface area contributed by atoms with E-state index in [2.05, 4.69) is 5.32 Å². The standard InChI is InChI=1S/C24H20ClNO5/c1-15(22(27)16-7-5-9-18(25)13-16)31-24(29)20-11-3-4-12-21(20)26-23(28)17-8-6-10-19(14-17)30-2/h3-15H,1-2H3,(H,26,28)/t15-/m1/s1. The molecule has 3 aromatic carbocycles. The number of para-hydroxylation sites is 1. The van der Waals surface area contributed by atoms with Crippen molar-refractivity contribution < 1.29 is 23.9 Å². The van der Waals surface area contributed by atoms with Gasteiger partial charge in [0.1, 0.15) is 5.75 Å². The number of ketones is 1. The molecule has 6 nitrogen and oxygen atoms in total. The van der Waals surface area contributed by atoms with Gasteiger partial charge >= 0.3 is 5.97 Å². The lowest BCUT2D eigenvalue weighted by molar-refractivity contribution is 0.0320. The molecule has 0 aliphatic carbocycles. The van der Waals surface area contributed by atoms with Crippen LogP contribution >= 0.6 is 11.6 Å². The number of carbonyl (C=O) groups excluding carboxylic acids is 3. The van der Waals surface area contributed by atoms with Gasteiger partial charge in [-0.2, -0.15) is 0 Å². The normalized spacial score (nSPS) is 11.3. The van der Waals surface area contributed by atoms with Crippen molar-refractivity contribution in [3.8, 4) is 5.75 Å². The molecule has 158 valence electrons. The summed E-state index contributed by atoms with van der Waals surface area (Å²) < 4.78 is 10.5. The summed E-state index contributed by atoms with van der Waals surface area (Å²) in [5, 5.41) is 3.11. The number of methoxy groups -OCH3 is 1. The highest BCUT2D eigenvalue weighted by Gasteiger charge is 2.23. The van der Waals surface area contributed by atoms with Gasteiger partial charge in [0.2, 0.25) is 5.78 Å². The fraction of sp³-hybridized carbons (Fsp3) is 0.125. The molecule has 31 heavy (non-hydrogen) atoms. The van der Waals surface area contributed by atoms with Gasteiger partial charge in [-0.1, -0.05) is 41.9 Å². The minimum atomic E-state index is -1.03. The van der Waals surface area contributed by atoms with Crippen molar-refractivity contribution in [3.05, 3.63) is 94.5 Å². The number of benzene rings is 3. The molecule has 0 aromatic heterocycles. The third kappa shape index (κ3) is 5.49. The van der Waals surface area contributed by atoms with E-state index in [4.69, 9.17) is 21.1 Å². The van der Waals surface area contributed by atoms with Crippen LogP contribution in [0.5, 0.6) is 5.75 Å². The molecule has 0 radical (unpaired) electrons. The van der Waals surface area contributed by atoms with Gasteiger partial charge in [-0.3, -0.25) is 9.59 Å². The van der Waals surface area contributed by atoms with E-state index in [1.54, 1.807) is 60.7 Å². The second-order valence-corrected chi connectivity index (χ2v) is 7.09. The maximum absolute atomic E-state index is 12.7. The Hall–Kier alpha value is -3.64. The molecule has 0 fully saturated rings. The van der Waals surface area contributed by atoms with E-state index < -0.39 is 18.0 Å². The van der Waals surface area contributed by atoms with Crippen molar-refractivity contribution in [3.63, 3.8) is 0 Å². The van der Waals surface area contributed by atoms with E-state index in [0.717, 1.165) is 0 Å². The molecule has 3 rings (SSSR count). The van der Waals surface area contributed by atoms with Crippen molar-refractivity contribution in [2.24, 2.45) is 0 Å². The van der Waals surface area contributed by atoms with Gasteiger partial charge in [-0.25, -0.2) is 4.79 Å². The lowest BCUT2D eigenvalue weighted by Crippen LogP contribution is -2.25. The predicted molar refractivity (Wildman–Crippen MR) is 118 cm³/mol. The first kappa shape index (κ1) is 22.1. The van der Waals surface area contributed by atoms with Gasteiger partial charge in [-0.05, 0) is 49.4 Å². The number of nitrogens with one attached hydrogen (secondary N) is 1. The van der Waals surface area contributed by atoms with Gasteiger partial charge in [0.15, 0.2) is 6.10 Å². The molecule has 0 bridgehead atoms. The molecule has 0 aliphatic rings. The van der Waals surface area contributed by atoms with E-state index >= 15 is 0 Å². The number of halogens is 1. The molecule has 0 spiro atoms. The van der Waals surface area contributed by atoms with Crippen molar-refractivity contribution >= 4 is 34.9 Å². The van der Waals surface area contributed by atoms with Crippen molar-refractivity contribution in [2.45, 2.75) is 13.0 Å². The Bertz CT molecular complexity index is 1130. The maximum Gasteiger partial charge on any atom is 0.340 e. The average molecular weight is 438 g/mol. The third-order valence-electron chi connectivity index (χ3n) is 4.49. The lowest BCUT2D eigenvalue weighted by Gasteiger charge is -2.15. The summed E-state index contributed by atoms with van der Waals surface area (Å²) >= 11 is 5.93. The Kier molecular flexibility index (Phi) is 7.05. The maximum atomic E-state index is 12.7. The predicted octanol–water partition coefficient (Wildman–Crippen LogP) is 5.03. The summed E-state index contributed by atoms with van der Waals surface area (Å²) in [6, 6.07) is 19.4. The molecule has 0 saturated heterocycles. The lowest BCUT2D eigenvalue weighted by atomic mass is 10.1. The fourth-order valence-corrected chi connectivity index (χ4v) is 3.07. The van der Waals surface area contributed by atoms with Crippen LogP contribution in [0.3, 0.4) is 0 Å². The summed E-state index contributed by atoms with van der Waals surface area (Å²) in [5.74, 6) is -0.992. The number of hydrogen-bond donors (Lipinski definition) is 1. The van der Waals surface area contributed by atoms with Crippen LogP contribution in [0.2, 0.25) is 5.02 Å². The monoisotopic (exact) mass is 437 g/mol. The summed E-state index contributed by atoms with van der Waals surface area (Å²) in [4.78, 5) is 37.9. The van der Waals surface area contributed by atoms with Crippen LogP contribution < -0.4 is 10.1 Å². The van der Waals surface area contributed by atoms with Crippen LogP contribution in [0.1, 0.15) is 38.0 Å². The number of carbonyl (C=O) groups is 3. The smallest absolute Gasteiger partial charge is 0.340 e. The number of esters is 1. The Balaban J connectivity index is 1.75. The zero-order chi connectivity index (χ0) is 22.4. The van der Waals surface area contributed by atoms with Crippen molar-refractivity contribution in [1.82, 2.24) is 0 Å². The van der Waals surface area contributed by atoms with Crippen molar-refractivity contribution in [1.29, 1.82) is 0 Å². The molecular weight excluding hydrogens is 418 g/mol. The molecule has 1 N–H and O–H groups in total. The minimum Gasteiger partial charge on any atom is -0.497 e. The molecule has 0 aliphatic heterocycles. The van der Waals surface area contributed by atoms with Crippen LogP contribution in [0, 0.1) is 0 Å². The quantitative estimate of drug-likeness (QED) is 0.414. The highest BCUT2D eigenvalue weighted by Crippen LogP contribution is 2.21. The molecule has 1 amide bonds. The Labute approximate surface area is 184 Å². The first-order chi connectivity index (χ1) is 14.9. The Morgan fingerprint density at radius 3 is 2.35 bits per heavy atom. The van der Waals surface area contributed by atoms with Crippen LogP contribution in [0.4, 0.5) is 5.69 Å². The molecule has 3 aromatic rings. The van der Waals surface area contributed by atoms with Gasteiger partial charge < -0.3 is 14.8 Å². The number of hydrogen-bond acceptors (Lipinski definition) is 5. The molecule has 0 saturated carbocycles. The first-order valence-corrected chi connectivity index (χ1v) is 9.82. The fourth-order valence-electron chi connectivity index (χ4n) is 2.88. The minimum absolute atomic E-state index is 0.129. The number of rotatable bonds is 7. The number of ether oxygens (including phenoxy) is 2. The summed E-state index contributed by atoms with van der Waals surface area (Å²) in [7, 11) is 1.51. The summed E-state index contributed by atoms with van der Waals surface area (Å²) in [6.45, 7) is 1.48. The Morgan fingerprint density at radius 1 is 0.903 bits per heavy atom. The van der Waals surface area contributed by atoms with Crippen LogP contribution in [-0.4, -0.2) is 30.9 Å². The van der Waals surface area contributed by atoms with E-state index in [0.29, 0.717) is 21.9 Å². The van der Waals surface area contributed by atoms with Gasteiger partial charge in [0, 0.05) is 16.1 Å². The number of anilines is 1. The second kappa shape index (κ2) is 9.91. The second-order valence-electron chi connectivity index (χ2n) is 6.65. The molecule has 0 unspecified atom stereocenters. The number of Topliss-reactive ketones (excluding diaryl/α,β-unsaturated/α-hetero) is 1. The van der Waals surface area contributed by atoms with E-state index in [9.17, 15) is 14.4 Å². The van der Waals surface area contributed by atoms with E-state index in [1.807, 2.05) is 0 Å². The zero-order valence-electron chi connectivity index (χ0n) is 16.9. The molecule has 7 heteroatoms. The highest BCUT2D eigenvalue weighted by molar-refractivity contribution is 6.31. The van der Waals surface area contributed by atoms with Crippen LogP contribution in [-0.2, 0) is 4.74 Å². The van der Waals surface area contributed by atoms with Gasteiger partial charge in [-0.15, -0.1) is 0 Å². The first-order valence-electron chi connectivity index (χ1n) is 9.44.